The third-order valence-electron chi connectivity index (χ3n) is 3.49. The van der Waals surface area contributed by atoms with Crippen molar-refractivity contribution in [2.45, 2.75) is 45.2 Å². The molecule has 1 aliphatic rings. The summed E-state index contributed by atoms with van der Waals surface area (Å²) in [5.41, 5.74) is 0. The summed E-state index contributed by atoms with van der Waals surface area (Å²) in [4.78, 5) is 3.17. The highest BCUT2D eigenvalue weighted by Gasteiger charge is 2.38. The predicted molar refractivity (Wildman–Crippen MR) is 65.5 cm³/mol. The average molecular weight is 311 g/mol. The van der Waals surface area contributed by atoms with Crippen LogP contribution in [0, 0.1) is 12.8 Å². The molecule has 1 aliphatic carbocycles. The molecular formula is C11H16F3N3O2S. The van der Waals surface area contributed by atoms with Gasteiger partial charge in [0.2, 0.25) is 0 Å². The van der Waals surface area contributed by atoms with Crippen LogP contribution >= 0.6 is 0 Å². The van der Waals surface area contributed by atoms with Gasteiger partial charge in [-0.2, -0.15) is 13.2 Å². The highest BCUT2D eigenvalue weighted by atomic mass is 32.2. The van der Waals surface area contributed by atoms with Crippen molar-refractivity contribution >= 4 is 10.0 Å². The number of hydrogen-bond donors (Lipinski definition) is 0. The molecule has 1 fully saturated rings. The van der Waals surface area contributed by atoms with E-state index in [0.29, 0.717) is 16.4 Å². The Hall–Kier alpha value is -1.12. The molecular weight excluding hydrogens is 295 g/mol. The maximum Gasteiger partial charge on any atom is 0.453 e. The van der Waals surface area contributed by atoms with Crippen molar-refractivity contribution < 1.29 is 21.6 Å². The molecule has 1 saturated carbocycles. The zero-order chi connectivity index (χ0) is 15.0. The number of halogens is 3. The highest BCUT2D eigenvalue weighted by Crippen LogP contribution is 2.30. The summed E-state index contributed by atoms with van der Waals surface area (Å²) < 4.78 is 61.7. The van der Waals surface area contributed by atoms with Gasteiger partial charge in [-0.1, -0.05) is 19.3 Å². The van der Waals surface area contributed by atoms with Gasteiger partial charge in [0.25, 0.3) is 15.8 Å². The summed E-state index contributed by atoms with van der Waals surface area (Å²) in [7, 11) is -3.87. The first-order valence-electron chi connectivity index (χ1n) is 6.44. The second kappa shape index (κ2) is 5.34. The Balaban J connectivity index is 2.06. The van der Waals surface area contributed by atoms with E-state index in [4.69, 9.17) is 0 Å². The lowest BCUT2D eigenvalue weighted by atomic mass is 9.82. The first kappa shape index (κ1) is 15.3. The van der Waals surface area contributed by atoms with Gasteiger partial charge in [-0.15, -0.1) is 9.19 Å². The minimum atomic E-state index is -4.74. The van der Waals surface area contributed by atoms with Crippen LogP contribution in [0.5, 0.6) is 0 Å². The maximum absolute atomic E-state index is 12.4. The Bertz CT molecular complexity index is 576. The summed E-state index contributed by atoms with van der Waals surface area (Å²) in [6.45, 7) is 1.20. The van der Waals surface area contributed by atoms with Crippen molar-refractivity contribution in [3.63, 3.8) is 0 Å². The van der Waals surface area contributed by atoms with E-state index >= 15 is 0 Å². The molecule has 0 aromatic carbocycles. The van der Waals surface area contributed by atoms with E-state index < -0.39 is 22.0 Å². The highest BCUT2D eigenvalue weighted by molar-refractivity contribution is 7.89. The second-order valence-electron chi connectivity index (χ2n) is 5.08. The fourth-order valence-electron chi connectivity index (χ4n) is 2.18. The Morgan fingerprint density at radius 2 is 2.00 bits per heavy atom. The third kappa shape index (κ3) is 3.31. The molecule has 0 saturated heterocycles. The molecule has 5 nitrogen and oxygen atoms in total. The number of aryl methyl sites for hydroxylation is 1. The van der Waals surface area contributed by atoms with Crippen molar-refractivity contribution in [3.05, 3.63) is 11.6 Å². The van der Waals surface area contributed by atoms with Gasteiger partial charge >= 0.3 is 6.18 Å². The van der Waals surface area contributed by atoms with E-state index in [1.54, 1.807) is 0 Å². The molecule has 2 rings (SSSR count). The molecule has 20 heavy (non-hydrogen) atoms. The Morgan fingerprint density at radius 3 is 2.45 bits per heavy atom. The van der Waals surface area contributed by atoms with E-state index in [-0.39, 0.29) is 11.6 Å². The number of hydrogen-bond acceptors (Lipinski definition) is 4. The van der Waals surface area contributed by atoms with Crippen LogP contribution in [0.25, 0.3) is 0 Å². The molecule has 0 aliphatic heterocycles. The molecule has 9 heteroatoms. The summed E-state index contributed by atoms with van der Waals surface area (Å²) in [5, 5.41) is 3.08. The van der Waals surface area contributed by atoms with Gasteiger partial charge in [0, 0.05) is 0 Å². The van der Waals surface area contributed by atoms with Gasteiger partial charge in [-0.05, 0) is 25.7 Å². The van der Waals surface area contributed by atoms with Crippen LogP contribution < -0.4 is 0 Å². The summed E-state index contributed by atoms with van der Waals surface area (Å²) >= 11 is 0. The average Bonchev–Trinajstić information content (AvgIpc) is 2.64. The van der Waals surface area contributed by atoms with E-state index in [0.717, 1.165) is 19.3 Å². The standard InChI is InChI=1S/C11H16F3N3O2S/c1-8-15-10(11(12,13)14)16-17(8)20(18,19)7-3-6-9-4-2-5-9/h9H,2-7H2,1H3. The summed E-state index contributed by atoms with van der Waals surface area (Å²) in [6, 6.07) is 0. The van der Waals surface area contributed by atoms with Crippen molar-refractivity contribution in [1.82, 2.24) is 14.2 Å². The van der Waals surface area contributed by atoms with E-state index in [1.807, 2.05) is 0 Å². The molecule has 0 spiro atoms. The van der Waals surface area contributed by atoms with Crippen molar-refractivity contribution in [1.29, 1.82) is 0 Å². The normalized spacial score (nSPS) is 17.2. The zero-order valence-electron chi connectivity index (χ0n) is 11.0. The molecule has 0 atom stereocenters. The molecule has 0 N–H and O–H groups in total. The smallest absolute Gasteiger partial charge is 0.207 e. The largest absolute Gasteiger partial charge is 0.453 e. The van der Waals surface area contributed by atoms with Crippen LogP contribution in [-0.4, -0.2) is 28.3 Å². The van der Waals surface area contributed by atoms with E-state index in [2.05, 4.69) is 10.1 Å². The van der Waals surface area contributed by atoms with Gasteiger partial charge in [-0.3, -0.25) is 0 Å². The van der Waals surface area contributed by atoms with Crippen LogP contribution in [0.15, 0.2) is 0 Å². The number of nitrogens with zero attached hydrogens (tertiary/aromatic N) is 3. The third-order valence-corrected chi connectivity index (χ3v) is 5.16. The van der Waals surface area contributed by atoms with Crippen LogP contribution in [0.1, 0.15) is 43.8 Å². The van der Waals surface area contributed by atoms with Gasteiger partial charge in [0.1, 0.15) is 5.82 Å². The van der Waals surface area contributed by atoms with Crippen LogP contribution in [0.4, 0.5) is 13.2 Å². The lowest BCUT2D eigenvalue weighted by molar-refractivity contribution is -0.144. The van der Waals surface area contributed by atoms with Gasteiger partial charge in [0.05, 0.1) is 5.75 Å². The molecule has 0 unspecified atom stereocenters. The van der Waals surface area contributed by atoms with Crippen LogP contribution in [0.3, 0.4) is 0 Å². The lowest BCUT2D eigenvalue weighted by Gasteiger charge is -2.24. The van der Waals surface area contributed by atoms with Crippen molar-refractivity contribution in [3.8, 4) is 0 Å². The fraction of sp³-hybridized carbons (Fsp3) is 0.818. The van der Waals surface area contributed by atoms with Gasteiger partial charge < -0.3 is 0 Å². The molecule has 1 heterocycles. The zero-order valence-corrected chi connectivity index (χ0v) is 11.8. The summed E-state index contributed by atoms with van der Waals surface area (Å²) in [5.74, 6) is -1.32. The quantitative estimate of drug-likeness (QED) is 0.837. The topological polar surface area (TPSA) is 64.8 Å². The molecule has 0 amide bonds. The SMILES string of the molecule is Cc1nc(C(F)(F)F)nn1S(=O)(=O)CCCC1CCC1. The van der Waals surface area contributed by atoms with Crippen LogP contribution in [0.2, 0.25) is 0 Å². The van der Waals surface area contributed by atoms with Crippen molar-refractivity contribution in [2.75, 3.05) is 5.75 Å². The Kier molecular flexibility index (Phi) is 4.08. The second-order valence-corrected chi connectivity index (χ2v) is 7.00. The Labute approximate surface area is 115 Å². The van der Waals surface area contributed by atoms with Gasteiger partial charge in [-0.25, -0.2) is 13.4 Å². The molecule has 1 aromatic heterocycles. The van der Waals surface area contributed by atoms with Crippen LogP contribution in [-0.2, 0) is 16.2 Å². The maximum atomic E-state index is 12.4. The molecule has 1 aromatic rings. The predicted octanol–water partition coefficient (Wildman–Crippen LogP) is 2.36. The fourth-order valence-corrected chi connectivity index (χ4v) is 3.53. The minimum Gasteiger partial charge on any atom is -0.207 e. The first-order chi connectivity index (χ1) is 9.20. The molecule has 0 bridgehead atoms. The monoisotopic (exact) mass is 311 g/mol. The molecule has 0 radical (unpaired) electrons. The Morgan fingerprint density at radius 1 is 1.35 bits per heavy atom. The number of rotatable bonds is 5. The minimum absolute atomic E-state index is 0.203. The lowest BCUT2D eigenvalue weighted by Crippen LogP contribution is -2.21. The van der Waals surface area contributed by atoms with Gasteiger partial charge in [0.15, 0.2) is 0 Å². The van der Waals surface area contributed by atoms with E-state index in [9.17, 15) is 21.6 Å². The number of alkyl halides is 3. The number of aromatic nitrogens is 3. The molecule has 114 valence electrons. The van der Waals surface area contributed by atoms with E-state index in [1.165, 1.54) is 13.3 Å². The first-order valence-corrected chi connectivity index (χ1v) is 8.05. The summed E-state index contributed by atoms with van der Waals surface area (Å²) in [6.07, 6.45) is -0.111. The van der Waals surface area contributed by atoms with Crippen molar-refractivity contribution in [2.24, 2.45) is 5.92 Å².